The minimum atomic E-state index is 0.851. The molecule has 0 spiro atoms. The summed E-state index contributed by atoms with van der Waals surface area (Å²) in [5.41, 5.74) is 9.05. The molecule has 2 N–H and O–H groups in total. The van der Waals surface area contributed by atoms with Crippen LogP contribution in [0.1, 0.15) is 16.1 Å². The Bertz CT molecular complexity index is 471. The van der Waals surface area contributed by atoms with Crippen molar-refractivity contribution >= 4 is 27.2 Å². The summed E-state index contributed by atoms with van der Waals surface area (Å²) < 4.78 is 0. The number of aryl methyl sites for hydroxylation is 3. The molecule has 0 aliphatic heterocycles. The highest BCUT2D eigenvalue weighted by atomic mass is 32.1. The Balaban J connectivity index is 2.94. The van der Waals surface area contributed by atoms with Crippen LogP contribution >= 0.6 is 11.3 Å². The van der Waals surface area contributed by atoms with E-state index in [1.807, 2.05) is 13.0 Å². The highest BCUT2D eigenvalue weighted by Crippen LogP contribution is 2.32. The van der Waals surface area contributed by atoms with Gasteiger partial charge in [0, 0.05) is 21.6 Å². The van der Waals surface area contributed by atoms with Gasteiger partial charge in [-0.15, -0.1) is 11.3 Å². The fraction of sp³-hybridized carbons (Fsp3) is 0.300. The number of pyridine rings is 1. The summed E-state index contributed by atoms with van der Waals surface area (Å²) in [7, 11) is 0. The highest BCUT2D eigenvalue weighted by molar-refractivity contribution is 7.18. The first-order valence-corrected chi connectivity index (χ1v) is 5.04. The van der Waals surface area contributed by atoms with E-state index in [4.69, 9.17) is 5.73 Å². The molecule has 2 nitrogen and oxygen atoms in total. The molecule has 0 atom stereocenters. The second kappa shape index (κ2) is 2.70. The van der Waals surface area contributed by atoms with Crippen molar-refractivity contribution in [2.24, 2.45) is 0 Å². The van der Waals surface area contributed by atoms with Crippen LogP contribution in [0.25, 0.3) is 10.2 Å². The van der Waals surface area contributed by atoms with Gasteiger partial charge in [0.2, 0.25) is 0 Å². The third-order valence-corrected chi connectivity index (χ3v) is 3.40. The van der Waals surface area contributed by atoms with E-state index in [1.165, 1.54) is 10.4 Å². The lowest BCUT2D eigenvalue weighted by Crippen LogP contribution is -1.90. The van der Waals surface area contributed by atoms with E-state index >= 15 is 0 Å². The van der Waals surface area contributed by atoms with Gasteiger partial charge in [0.25, 0.3) is 0 Å². The molecule has 0 aromatic carbocycles. The van der Waals surface area contributed by atoms with Crippen molar-refractivity contribution in [1.82, 2.24) is 4.98 Å². The fourth-order valence-electron chi connectivity index (χ4n) is 1.52. The van der Waals surface area contributed by atoms with Crippen LogP contribution in [0.3, 0.4) is 0 Å². The first-order chi connectivity index (χ1) is 6.09. The summed E-state index contributed by atoms with van der Waals surface area (Å²) in [6.45, 7) is 6.18. The smallest absolute Gasteiger partial charge is 0.126 e. The van der Waals surface area contributed by atoms with Gasteiger partial charge in [0.15, 0.2) is 0 Å². The van der Waals surface area contributed by atoms with E-state index in [0.717, 1.165) is 21.6 Å². The molecule has 0 aliphatic carbocycles. The first kappa shape index (κ1) is 8.51. The van der Waals surface area contributed by atoms with E-state index in [2.05, 4.69) is 18.8 Å². The maximum Gasteiger partial charge on any atom is 0.126 e. The number of thiophene rings is 1. The predicted octanol–water partition coefficient (Wildman–Crippen LogP) is 2.80. The number of hydrogen-bond donors (Lipinski definition) is 1. The fourth-order valence-corrected chi connectivity index (χ4v) is 2.63. The quantitative estimate of drug-likeness (QED) is 0.697. The zero-order valence-corrected chi connectivity index (χ0v) is 8.83. The van der Waals surface area contributed by atoms with Crippen molar-refractivity contribution in [3.8, 4) is 0 Å². The summed E-state index contributed by atoms with van der Waals surface area (Å²) in [6, 6.07) is 1.93. The molecule has 2 rings (SSSR count). The molecule has 0 amide bonds. The molecule has 0 aliphatic rings. The lowest BCUT2D eigenvalue weighted by Gasteiger charge is -1.99. The predicted molar refractivity (Wildman–Crippen MR) is 58.2 cm³/mol. The maximum absolute atomic E-state index is 5.94. The van der Waals surface area contributed by atoms with Gasteiger partial charge >= 0.3 is 0 Å². The minimum Gasteiger partial charge on any atom is -0.398 e. The second-order valence-corrected chi connectivity index (χ2v) is 4.52. The highest BCUT2D eigenvalue weighted by Gasteiger charge is 2.09. The topological polar surface area (TPSA) is 38.9 Å². The molecule has 2 aromatic heterocycles. The van der Waals surface area contributed by atoms with Crippen molar-refractivity contribution in [2.75, 3.05) is 5.73 Å². The van der Waals surface area contributed by atoms with E-state index in [1.54, 1.807) is 11.3 Å². The van der Waals surface area contributed by atoms with Crippen LogP contribution < -0.4 is 5.73 Å². The van der Waals surface area contributed by atoms with E-state index < -0.39 is 0 Å². The van der Waals surface area contributed by atoms with E-state index in [0.29, 0.717) is 0 Å². The van der Waals surface area contributed by atoms with E-state index in [9.17, 15) is 0 Å². The molecule has 0 bridgehead atoms. The largest absolute Gasteiger partial charge is 0.398 e. The van der Waals surface area contributed by atoms with Gasteiger partial charge in [-0.2, -0.15) is 0 Å². The molecule has 0 radical (unpaired) electrons. The standard InChI is InChI=1S/C10H12N2S/c1-5-4-8(11)9-6(2)7(3)13-10(9)12-5/h4H,1-3H3,(H2,11,12). The zero-order chi connectivity index (χ0) is 9.59. The van der Waals surface area contributed by atoms with Crippen molar-refractivity contribution in [1.29, 1.82) is 0 Å². The normalized spacial score (nSPS) is 11.0. The van der Waals surface area contributed by atoms with Crippen molar-refractivity contribution in [3.63, 3.8) is 0 Å². The number of nitrogens with zero attached hydrogens (tertiary/aromatic N) is 1. The number of anilines is 1. The summed E-state index contributed by atoms with van der Waals surface area (Å²) in [6.07, 6.45) is 0. The Labute approximate surface area is 81.4 Å². The zero-order valence-electron chi connectivity index (χ0n) is 8.01. The number of hydrogen-bond acceptors (Lipinski definition) is 3. The summed E-state index contributed by atoms with van der Waals surface area (Å²) in [5, 5.41) is 1.13. The van der Waals surface area contributed by atoms with Crippen LogP contribution in [0.4, 0.5) is 5.69 Å². The summed E-state index contributed by atoms with van der Waals surface area (Å²) >= 11 is 1.72. The molecule has 0 saturated heterocycles. The molecule has 13 heavy (non-hydrogen) atoms. The van der Waals surface area contributed by atoms with Crippen LogP contribution in [0.5, 0.6) is 0 Å². The number of fused-ring (bicyclic) bond motifs is 1. The Hall–Kier alpha value is -1.09. The Morgan fingerprint density at radius 1 is 1.31 bits per heavy atom. The Morgan fingerprint density at radius 3 is 2.69 bits per heavy atom. The van der Waals surface area contributed by atoms with Gasteiger partial charge in [-0.1, -0.05) is 0 Å². The molecule has 2 aromatic rings. The van der Waals surface area contributed by atoms with Gasteiger partial charge in [-0.05, 0) is 32.4 Å². The third kappa shape index (κ3) is 1.20. The second-order valence-electron chi connectivity index (χ2n) is 3.32. The molecular weight excluding hydrogens is 180 g/mol. The number of nitrogens with two attached hydrogens (primary N) is 1. The third-order valence-electron chi connectivity index (χ3n) is 2.30. The summed E-state index contributed by atoms with van der Waals surface area (Å²) in [5.74, 6) is 0. The van der Waals surface area contributed by atoms with Crippen LogP contribution in [0, 0.1) is 20.8 Å². The van der Waals surface area contributed by atoms with Gasteiger partial charge in [-0.25, -0.2) is 4.98 Å². The molecule has 68 valence electrons. The average molecular weight is 192 g/mol. The lowest BCUT2D eigenvalue weighted by atomic mass is 10.1. The van der Waals surface area contributed by atoms with Crippen LogP contribution in [-0.4, -0.2) is 4.98 Å². The Kier molecular flexibility index (Phi) is 1.77. The van der Waals surface area contributed by atoms with Gasteiger partial charge in [-0.3, -0.25) is 0 Å². The average Bonchev–Trinajstić information content (AvgIpc) is 2.27. The SMILES string of the molecule is Cc1cc(N)c2c(C)c(C)sc2n1. The van der Waals surface area contributed by atoms with Crippen molar-refractivity contribution in [3.05, 3.63) is 22.2 Å². The molecule has 2 heterocycles. The molecule has 0 saturated carbocycles. The molecule has 3 heteroatoms. The van der Waals surface area contributed by atoms with Crippen LogP contribution in [0.2, 0.25) is 0 Å². The maximum atomic E-state index is 5.94. The number of aromatic nitrogens is 1. The minimum absolute atomic E-state index is 0.851. The number of nitrogen functional groups attached to an aromatic ring is 1. The summed E-state index contributed by atoms with van der Waals surface area (Å²) in [4.78, 5) is 6.82. The van der Waals surface area contributed by atoms with E-state index in [-0.39, 0.29) is 0 Å². The Morgan fingerprint density at radius 2 is 2.00 bits per heavy atom. The first-order valence-electron chi connectivity index (χ1n) is 4.22. The molecular formula is C10H12N2S. The van der Waals surface area contributed by atoms with Gasteiger partial charge < -0.3 is 5.73 Å². The lowest BCUT2D eigenvalue weighted by molar-refractivity contribution is 1.27. The van der Waals surface area contributed by atoms with Gasteiger partial charge in [0.05, 0.1) is 0 Å². The van der Waals surface area contributed by atoms with Crippen LogP contribution in [-0.2, 0) is 0 Å². The monoisotopic (exact) mass is 192 g/mol. The van der Waals surface area contributed by atoms with Crippen LogP contribution in [0.15, 0.2) is 6.07 Å². The van der Waals surface area contributed by atoms with Gasteiger partial charge in [0.1, 0.15) is 4.83 Å². The number of rotatable bonds is 0. The van der Waals surface area contributed by atoms with Crippen molar-refractivity contribution < 1.29 is 0 Å². The molecule has 0 fully saturated rings. The molecule has 0 unspecified atom stereocenters. The van der Waals surface area contributed by atoms with Crippen molar-refractivity contribution in [2.45, 2.75) is 20.8 Å².